The number of amides is 1. The molecule has 1 saturated heterocycles. The standard InChI is InChI=1S/C16H18N2O2/c19-15-4-2-12-8-18(9-13(12)15)16(20)11-1-3-14-10(7-11)5-6-17-14/h1,3,5-7,12-13,15,17,19H,2,4,8-9H2. The molecule has 0 spiro atoms. The number of aromatic amines is 1. The predicted octanol–water partition coefficient (Wildman–Crippen LogP) is 2.01. The van der Waals surface area contributed by atoms with Crippen molar-refractivity contribution in [3.05, 3.63) is 36.0 Å². The second kappa shape index (κ2) is 4.35. The number of aromatic nitrogens is 1. The largest absolute Gasteiger partial charge is 0.393 e. The maximum Gasteiger partial charge on any atom is 0.253 e. The Morgan fingerprint density at radius 3 is 3.00 bits per heavy atom. The van der Waals surface area contributed by atoms with Gasteiger partial charge in [0.05, 0.1) is 6.10 Å². The minimum atomic E-state index is -0.218. The van der Waals surface area contributed by atoms with E-state index in [0.29, 0.717) is 12.5 Å². The van der Waals surface area contributed by atoms with Crippen molar-refractivity contribution in [3.8, 4) is 0 Å². The molecule has 0 bridgehead atoms. The Morgan fingerprint density at radius 1 is 1.25 bits per heavy atom. The fourth-order valence-corrected chi connectivity index (χ4v) is 3.77. The molecule has 104 valence electrons. The zero-order valence-corrected chi connectivity index (χ0v) is 11.2. The van der Waals surface area contributed by atoms with Crippen LogP contribution in [0.4, 0.5) is 0 Å². The fraction of sp³-hybridized carbons (Fsp3) is 0.438. The van der Waals surface area contributed by atoms with E-state index < -0.39 is 0 Å². The van der Waals surface area contributed by atoms with Crippen LogP contribution in [0.25, 0.3) is 10.9 Å². The molecule has 4 heteroatoms. The lowest BCUT2D eigenvalue weighted by molar-refractivity contribution is 0.0752. The van der Waals surface area contributed by atoms with Gasteiger partial charge in [0.2, 0.25) is 0 Å². The van der Waals surface area contributed by atoms with Gasteiger partial charge in [0.1, 0.15) is 0 Å². The number of carbonyl (C=O) groups is 1. The lowest BCUT2D eigenvalue weighted by Crippen LogP contribution is -2.31. The lowest BCUT2D eigenvalue weighted by Gasteiger charge is -2.18. The molecule has 3 atom stereocenters. The Morgan fingerprint density at radius 2 is 2.15 bits per heavy atom. The number of likely N-dealkylation sites (tertiary alicyclic amines) is 1. The highest BCUT2D eigenvalue weighted by Crippen LogP contribution is 2.38. The van der Waals surface area contributed by atoms with Crippen molar-refractivity contribution in [2.24, 2.45) is 11.8 Å². The summed E-state index contributed by atoms with van der Waals surface area (Å²) in [6.07, 6.45) is 3.61. The van der Waals surface area contributed by atoms with Gasteiger partial charge in [-0.1, -0.05) is 0 Å². The van der Waals surface area contributed by atoms with E-state index in [0.717, 1.165) is 35.9 Å². The Labute approximate surface area is 117 Å². The van der Waals surface area contributed by atoms with Crippen LogP contribution in [0.1, 0.15) is 23.2 Å². The molecule has 1 saturated carbocycles. The van der Waals surface area contributed by atoms with E-state index in [1.165, 1.54) is 0 Å². The predicted molar refractivity (Wildman–Crippen MR) is 76.4 cm³/mol. The van der Waals surface area contributed by atoms with Crippen molar-refractivity contribution in [1.82, 2.24) is 9.88 Å². The second-order valence-electron chi connectivity index (χ2n) is 6.06. The van der Waals surface area contributed by atoms with Crippen LogP contribution in [0.15, 0.2) is 30.5 Å². The van der Waals surface area contributed by atoms with Gasteiger partial charge in [-0.05, 0) is 43.0 Å². The number of nitrogens with zero attached hydrogens (tertiary/aromatic N) is 1. The zero-order valence-electron chi connectivity index (χ0n) is 11.2. The van der Waals surface area contributed by atoms with Gasteiger partial charge >= 0.3 is 0 Å². The molecule has 1 amide bonds. The van der Waals surface area contributed by atoms with Gasteiger partial charge in [-0.2, -0.15) is 0 Å². The van der Waals surface area contributed by atoms with Crippen LogP contribution in [-0.2, 0) is 0 Å². The van der Waals surface area contributed by atoms with Crippen molar-refractivity contribution < 1.29 is 9.90 Å². The Kier molecular flexibility index (Phi) is 2.60. The highest BCUT2D eigenvalue weighted by Gasteiger charge is 2.43. The summed E-state index contributed by atoms with van der Waals surface area (Å²) in [5.74, 6) is 0.870. The summed E-state index contributed by atoms with van der Waals surface area (Å²) >= 11 is 0. The van der Waals surface area contributed by atoms with Crippen LogP contribution in [0.5, 0.6) is 0 Å². The molecule has 1 aliphatic heterocycles. The molecule has 4 rings (SSSR count). The average molecular weight is 270 g/mol. The topological polar surface area (TPSA) is 56.3 Å². The molecule has 2 aliphatic rings. The molecule has 2 heterocycles. The molecule has 2 aromatic rings. The zero-order chi connectivity index (χ0) is 13.7. The van der Waals surface area contributed by atoms with E-state index in [4.69, 9.17) is 0 Å². The third-order valence-corrected chi connectivity index (χ3v) is 4.91. The van der Waals surface area contributed by atoms with Crippen molar-refractivity contribution in [2.75, 3.05) is 13.1 Å². The fourth-order valence-electron chi connectivity index (χ4n) is 3.77. The summed E-state index contributed by atoms with van der Waals surface area (Å²) in [4.78, 5) is 17.6. The number of aliphatic hydroxyl groups is 1. The van der Waals surface area contributed by atoms with Crippen LogP contribution < -0.4 is 0 Å². The summed E-state index contributed by atoms with van der Waals surface area (Å²) in [5, 5.41) is 11.0. The van der Waals surface area contributed by atoms with Gasteiger partial charge in [-0.15, -0.1) is 0 Å². The van der Waals surface area contributed by atoms with E-state index in [-0.39, 0.29) is 17.9 Å². The molecule has 20 heavy (non-hydrogen) atoms. The van der Waals surface area contributed by atoms with E-state index >= 15 is 0 Å². The Bertz CT molecular complexity index is 663. The van der Waals surface area contributed by atoms with Crippen LogP contribution in [0.3, 0.4) is 0 Å². The smallest absolute Gasteiger partial charge is 0.253 e. The molecule has 1 aromatic carbocycles. The minimum absolute atomic E-state index is 0.0923. The normalized spacial score (nSPS) is 29.1. The molecule has 2 fully saturated rings. The van der Waals surface area contributed by atoms with E-state index in [1.807, 2.05) is 35.4 Å². The number of aliphatic hydroxyl groups excluding tert-OH is 1. The quantitative estimate of drug-likeness (QED) is 0.833. The first kappa shape index (κ1) is 12.0. The van der Waals surface area contributed by atoms with Gasteiger partial charge in [0.25, 0.3) is 5.91 Å². The monoisotopic (exact) mass is 270 g/mol. The molecule has 4 nitrogen and oxygen atoms in total. The third kappa shape index (κ3) is 1.75. The summed E-state index contributed by atoms with van der Waals surface area (Å²) in [6, 6.07) is 7.76. The average Bonchev–Trinajstić information content (AvgIpc) is 3.14. The second-order valence-corrected chi connectivity index (χ2v) is 6.06. The van der Waals surface area contributed by atoms with Crippen molar-refractivity contribution >= 4 is 16.8 Å². The van der Waals surface area contributed by atoms with Gasteiger partial charge in [0.15, 0.2) is 0 Å². The summed E-state index contributed by atoms with van der Waals surface area (Å²) in [5.41, 5.74) is 1.79. The molecule has 3 unspecified atom stereocenters. The van der Waals surface area contributed by atoms with Crippen LogP contribution in [-0.4, -0.2) is 40.1 Å². The summed E-state index contributed by atoms with van der Waals surface area (Å²) in [7, 11) is 0. The molecule has 2 N–H and O–H groups in total. The van der Waals surface area contributed by atoms with Crippen molar-refractivity contribution in [2.45, 2.75) is 18.9 Å². The number of H-pyrrole nitrogens is 1. The maximum absolute atomic E-state index is 12.6. The van der Waals surface area contributed by atoms with E-state index in [1.54, 1.807) is 0 Å². The molecular weight excluding hydrogens is 252 g/mol. The maximum atomic E-state index is 12.6. The molecular formula is C16H18N2O2. The van der Waals surface area contributed by atoms with Crippen LogP contribution in [0.2, 0.25) is 0 Å². The SMILES string of the molecule is O=C(c1ccc2[nH]ccc2c1)N1CC2CCC(O)C2C1. The van der Waals surface area contributed by atoms with Gasteiger partial charge in [-0.3, -0.25) is 4.79 Å². The number of benzene rings is 1. The van der Waals surface area contributed by atoms with Crippen LogP contribution >= 0.6 is 0 Å². The van der Waals surface area contributed by atoms with Crippen LogP contribution in [0, 0.1) is 11.8 Å². The molecule has 0 radical (unpaired) electrons. The summed E-state index contributed by atoms with van der Waals surface area (Å²) < 4.78 is 0. The summed E-state index contributed by atoms with van der Waals surface area (Å²) in [6.45, 7) is 1.50. The number of carbonyl (C=O) groups excluding carboxylic acids is 1. The molecule has 1 aliphatic carbocycles. The first-order chi connectivity index (χ1) is 9.72. The first-order valence-corrected chi connectivity index (χ1v) is 7.27. The van der Waals surface area contributed by atoms with E-state index in [2.05, 4.69) is 4.98 Å². The van der Waals surface area contributed by atoms with E-state index in [9.17, 15) is 9.90 Å². The number of rotatable bonds is 1. The number of hydrogen-bond donors (Lipinski definition) is 2. The minimum Gasteiger partial charge on any atom is -0.393 e. The third-order valence-electron chi connectivity index (χ3n) is 4.91. The number of fused-ring (bicyclic) bond motifs is 2. The van der Waals surface area contributed by atoms with Gasteiger partial charge in [0, 0.05) is 41.7 Å². The van der Waals surface area contributed by atoms with Crippen molar-refractivity contribution in [3.63, 3.8) is 0 Å². The van der Waals surface area contributed by atoms with Gasteiger partial charge in [-0.25, -0.2) is 0 Å². The van der Waals surface area contributed by atoms with Gasteiger partial charge < -0.3 is 15.0 Å². The van der Waals surface area contributed by atoms with Crippen molar-refractivity contribution in [1.29, 1.82) is 0 Å². The number of hydrogen-bond acceptors (Lipinski definition) is 2. The molecule has 1 aromatic heterocycles. The Balaban J connectivity index is 1.58. The highest BCUT2D eigenvalue weighted by molar-refractivity contribution is 5.98. The number of nitrogens with one attached hydrogen (secondary N) is 1. The Hall–Kier alpha value is -1.81. The first-order valence-electron chi connectivity index (χ1n) is 7.27. The highest BCUT2D eigenvalue weighted by atomic mass is 16.3. The lowest BCUT2D eigenvalue weighted by atomic mass is 10.00.